The molecule has 4 aliphatic rings. The number of rotatable bonds is 0. The van der Waals surface area contributed by atoms with E-state index in [2.05, 4.69) is 18.8 Å². The van der Waals surface area contributed by atoms with Gasteiger partial charge in [-0.15, -0.1) is 12.8 Å². The molecular formula is C21H28O2. The number of hydrogen-bond acceptors (Lipinski definition) is 2. The van der Waals surface area contributed by atoms with Crippen molar-refractivity contribution in [2.45, 2.75) is 69.5 Å². The summed E-state index contributed by atoms with van der Waals surface area (Å²) in [6, 6.07) is 0. The molecule has 0 bridgehead atoms. The maximum Gasteiger partial charge on any atom is 0.130 e. The highest BCUT2D eigenvalue weighted by atomic mass is 16.3. The minimum absolute atomic E-state index is 0.128. The predicted molar refractivity (Wildman–Crippen MR) is 90.1 cm³/mol. The zero-order chi connectivity index (χ0) is 16.5. The summed E-state index contributed by atoms with van der Waals surface area (Å²) in [5.74, 6) is 8.39. The van der Waals surface area contributed by atoms with Crippen molar-refractivity contribution in [3.63, 3.8) is 0 Å². The van der Waals surface area contributed by atoms with Crippen LogP contribution in [-0.2, 0) is 0 Å². The highest BCUT2D eigenvalue weighted by Crippen LogP contribution is 2.66. The maximum absolute atomic E-state index is 11.0. The Kier molecular flexibility index (Phi) is 3.23. The highest BCUT2D eigenvalue weighted by Gasteiger charge is 2.63. The zero-order valence-electron chi connectivity index (χ0n) is 14.1. The van der Waals surface area contributed by atoms with Gasteiger partial charge in [-0.25, -0.2) is 0 Å². The molecule has 23 heavy (non-hydrogen) atoms. The lowest BCUT2D eigenvalue weighted by Gasteiger charge is -2.54. The standard InChI is InChI=1S/C21H28O2/c1-4-20(22)12-14-6-7-16-15(17(14)13-20)8-10-19(3)18(16)9-11-21(19,23)5-2/h1-2,14-18,22-23H,6-13H2,3H3/t14-,15-,16+,17-,18-,19-,20+,21+/m0/s1. The molecule has 0 spiro atoms. The molecule has 0 heterocycles. The van der Waals surface area contributed by atoms with Gasteiger partial charge in [0.05, 0.1) is 0 Å². The Bertz CT molecular complexity index is 598. The molecular weight excluding hydrogens is 284 g/mol. The Morgan fingerprint density at radius 3 is 2.35 bits per heavy atom. The summed E-state index contributed by atoms with van der Waals surface area (Å²) in [6.07, 6.45) is 19.2. The van der Waals surface area contributed by atoms with E-state index in [1.807, 2.05) is 0 Å². The van der Waals surface area contributed by atoms with Gasteiger partial charge < -0.3 is 10.2 Å². The van der Waals surface area contributed by atoms with Crippen LogP contribution in [0.4, 0.5) is 0 Å². The smallest absolute Gasteiger partial charge is 0.130 e. The zero-order valence-corrected chi connectivity index (χ0v) is 14.1. The first kappa shape index (κ1) is 15.6. The molecule has 0 radical (unpaired) electrons. The van der Waals surface area contributed by atoms with Crippen LogP contribution in [0.15, 0.2) is 0 Å². The molecule has 0 amide bonds. The van der Waals surface area contributed by atoms with E-state index in [0.717, 1.165) is 38.5 Å². The SMILES string of the molecule is C#C[C@@]1(O)C[C@@H]2CC[C@@H]3[C@H](CC[C@@]4(C)[C@H]3CC[C@]4(O)C#C)[C@H]2C1. The van der Waals surface area contributed by atoms with E-state index in [0.29, 0.717) is 29.6 Å². The third kappa shape index (κ3) is 1.92. The van der Waals surface area contributed by atoms with Crippen molar-refractivity contribution in [2.24, 2.45) is 35.0 Å². The third-order valence-electron chi connectivity index (χ3n) is 8.35. The summed E-state index contributed by atoms with van der Waals surface area (Å²) in [5, 5.41) is 21.5. The minimum atomic E-state index is -0.922. The molecule has 4 saturated carbocycles. The molecule has 0 aromatic heterocycles. The molecule has 0 aromatic carbocycles. The van der Waals surface area contributed by atoms with Gasteiger partial charge in [0.2, 0.25) is 0 Å². The van der Waals surface area contributed by atoms with E-state index in [9.17, 15) is 10.2 Å². The van der Waals surface area contributed by atoms with E-state index in [1.165, 1.54) is 12.8 Å². The molecule has 0 aromatic rings. The van der Waals surface area contributed by atoms with Gasteiger partial charge >= 0.3 is 0 Å². The van der Waals surface area contributed by atoms with Crippen molar-refractivity contribution < 1.29 is 10.2 Å². The molecule has 4 fully saturated rings. The second kappa shape index (κ2) is 4.78. The fourth-order valence-corrected chi connectivity index (χ4v) is 7.08. The molecule has 2 heteroatoms. The van der Waals surface area contributed by atoms with Gasteiger partial charge in [-0.1, -0.05) is 18.8 Å². The van der Waals surface area contributed by atoms with Gasteiger partial charge in [-0.05, 0) is 81.0 Å². The van der Waals surface area contributed by atoms with Crippen LogP contribution >= 0.6 is 0 Å². The van der Waals surface area contributed by atoms with E-state index >= 15 is 0 Å². The van der Waals surface area contributed by atoms with Crippen molar-refractivity contribution in [3.05, 3.63) is 0 Å². The van der Waals surface area contributed by atoms with E-state index in [1.54, 1.807) is 0 Å². The lowest BCUT2D eigenvalue weighted by atomic mass is 9.51. The monoisotopic (exact) mass is 312 g/mol. The van der Waals surface area contributed by atoms with E-state index in [-0.39, 0.29) is 5.41 Å². The average Bonchev–Trinajstić information content (AvgIpc) is 3.03. The van der Waals surface area contributed by atoms with Crippen molar-refractivity contribution in [3.8, 4) is 24.7 Å². The topological polar surface area (TPSA) is 40.5 Å². The summed E-state index contributed by atoms with van der Waals surface area (Å²) in [7, 11) is 0. The fourth-order valence-electron chi connectivity index (χ4n) is 7.08. The van der Waals surface area contributed by atoms with Crippen LogP contribution in [0.1, 0.15) is 58.3 Å². The number of terminal acetylenes is 2. The first-order valence-corrected chi connectivity index (χ1v) is 9.26. The van der Waals surface area contributed by atoms with Gasteiger partial charge in [-0.3, -0.25) is 0 Å². The summed E-state index contributed by atoms with van der Waals surface area (Å²) in [5.41, 5.74) is -1.92. The highest BCUT2D eigenvalue weighted by molar-refractivity contribution is 5.24. The number of aliphatic hydroxyl groups is 2. The fraction of sp³-hybridized carbons (Fsp3) is 0.810. The molecule has 8 atom stereocenters. The lowest BCUT2D eigenvalue weighted by Crippen LogP contribution is -2.52. The summed E-state index contributed by atoms with van der Waals surface area (Å²) < 4.78 is 0. The molecule has 124 valence electrons. The molecule has 4 aliphatic carbocycles. The van der Waals surface area contributed by atoms with Gasteiger partial charge in [0.25, 0.3) is 0 Å². The van der Waals surface area contributed by atoms with Crippen LogP contribution in [0.25, 0.3) is 0 Å². The first-order chi connectivity index (χ1) is 10.9. The van der Waals surface area contributed by atoms with Gasteiger partial charge in [-0.2, -0.15) is 0 Å². The normalized spacial score (nSPS) is 57.7. The maximum atomic E-state index is 11.0. The second-order valence-corrected chi connectivity index (χ2v) is 9.02. The van der Waals surface area contributed by atoms with Crippen molar-refractivity contribution in [1.29, 1.82) is 0 Å². The number of fused-ring (bicyclic) bond motifs is 5. The summed E-state index contributed by atoms with van der Waals surface area (Å²) in [6.45, 7) is 2.22. The van der Waals surface area contributed by atoms with Crippen molar-refractivity contribution in [1.82, 2.24) is 0 Å². The molecule has 0 unspecified atom stereocenters. The van der Waals surface area contributed by atoms with Gasteiger partial charge in [0, 0.05) is 5.41 Å². The second-order valence-electron chi connectivity index (χ2n) is 9.02. The Balaban J connectivity index is 1.62. The lowest BCUT2D eigenvalue weighted by molar-refractivity contribution is -0.0964. The Hall–Kier alpha value is -0.960. The van der Waals surface area contributed by atoms with Gasteiger partial charge in [0.1, 0.15) is 11.2 Å². The van der Waals surface area contributed by atoms with Crippen LogP contribution in [0.3, 0.4) is 0 Å². The largest absolute Gasteiger partial charge is 0.378 e. The Morgan fingerprint density at radius 1 is 0.870 bits per heavy atom. The summed E-state index contributed by atoms with van der Waals surface area (Å²) in [4.78, 5) is 0. The molecule has 2 N–H and O–H groups in total. The average molecular weight is 312 g/mol. The number of hydrogen-bond donors (Lipinski definition) is 2. The van der Waals surface area contributed by atoms with Crippen LogP contribution in [0.5, 0.6) is 0 Å². The quantitative estimate of drug-likeness (QED) is 0.675. The Labute approximate surface area is 140 Å². The van der Waals surface area contributed by atoms with Crippen LogP contribution in [0.2, 0.25) is 0 Å². The molecule has 0 saturated heterocycles. The predicted octanol–water partition coefficient (Wildman–Crippen LogP) is 2.98. The molecule has 0 aliphatic heterocycles. The van der Waals surface area contributed by atoms with Crippen LogP contribution in [-0.4, -0.2) is 21.4 Å². The van der Waals surface area contributed by atoms with E-state index < -0.39 is 11.2 Å². The van der Waals surface area contributed by atoms with Crippen molar-refractivity contribution in [2.75, 3.05) is 0 Å². The van der Waals surface area contributed by atoms with Crippen LogP contribution in [0, 0.1) is 59.7 Å². The molecule has 2 nitrogen and oxygen atoms in total. The third-order valence-corrected chi connectivity index (χ3v) is 8.35. The first-order valence-electron chi connectivity index (χ1n) is 9.26. The van der Waals surface area contributed by atoms with E-state index in [4.69, 9.17) is 12.8 Å². The molecule has 4 rings (SSSR count). The van der Waals surface area contributed by atoms with Crippen molar-refractivity contribution >= 4 is 0 Å². The summed E-state index contributed by atoms with van der Waals surface area (Å²) >= 11 is 0. The Morgan fingerprint density at radius 2 is 1.65 bits per heavy atom. The van der Waals surface area contributed by atoms with Crippen LogP contribution < -0.4 is 0 Å². The minimum Gasteiger partial charge on any atom is -0.378 e. The van der Waals surface area contributed by atoms with Gasteiger partial charge in [0.15, 0.2) is 0 Å².